The maximum Gasteiger partial charge on any atom is 0.251 e. The fraction of sp³-hybridized carbons (Fsp3) is 0.190. The van der Waals surface area contributed by atoms with Crippen molar-refractivity contribution in [2.75, 3.05) is 24.9 Å². The van der Waals surface area contributed by atoms with Gasteiger partial charge in [0.15, 0.2) is 11.5 Å². The van der Waals surface area contributed by atoms with Crippen molar-refractivity contribution in [2.45, 2.75) is 12.5 Å². The van der Waals surface area contributed by atoms with Gasteiger partial charge in [-0.15, -0.1) is 0 Å². The highest BCUT2D eigenvalue weighted by Gasteiger charge is 2.35. The number of anilines is 2. The minimum atomic E-state index is -0.833. The molecule has 2 heterocycles. The van der Waals surface area contributed by atoms with Gasteiger partial charge in [-0.25, -0.2) is 9.07 Å². The van der Waals surface area contributed by atoms with E-state index in [9.17, 15) is 14.0 Å². The molecule has 2 aromatic carbocycles. The molecule has 4 rings (SSSR count). The Morgan fingerprint density at radius 2 is 1.97 bits per heavy atom. The van der Waals surface area contributed by atoms with Gasteiger partial charge in [-0.05, 0) is 29.8 Å². The Morgan fingerprint density at radius 3 is 2.70 bits per heavy atom. The third-order valence-electron chi connectivity index (χ3n) is 4.86. The number of methoxy groups -OCH3 is 2. The molecule has 1 aliphatic heterocycles. The minimum absolute atomic E-state index is 0.0626. The van der Waals surface area contributed by atoms with Gasteiger partial charge in [-0.2, -0.15) is 5.10 Å². The highest BCUT2D eigenvalue weighted by molar-refractivity contribution is 6.04. The Hall–Kier alpha value is -3.88. The smallest absolute Gasteiger partial charge is 0.251 e. The lowest BCUT2D eigenvalue weighted by atomic mass is 10.1. The number of aromatic nitrogens is 2. The molecular weight excluding hydrogens is 391 g/mol. The van der Waals surface area contributed by atoms with Gasteiger partial charge in [0, 0.05) is 5.56 Å². The summed E-state index contributed by atoms with van der Waals surface area (Å²) in [7, 11) is 3.09. The molecular formula is C21H19FN4O4. The van der Waals surface area contributed by atoms with Crippen molar-refractivity contribution in [1.82, 2.24) is 9.78 Å². The van der Waals surface area contributed by atoms with Gasteiger partial charge in [0.2, 0.25) is 5.91 Å². The van der Waals surface area contributed by atoms with Crippen molar-refractivity contribution in [3.05, 3.63) is 54.5 Å². The third kappa shape index (κ3) is 3.45. The van der Waals surface area contributed by atoms with E-state index < -0.39 is 17.8 Å². The van der Waals surface area contributed by atoms with Crippen LogP contribution >= 0.6 is 0 Å². The number of para-hydroxylation sites is 1. The molecule has 154 valence electrons. The largest absolute Gasteiger partial charge is 0.493 e. The Morgan fingerprint density at radius 1 is 1.20 bits per heavy atom. The number of nitrogens with one attached hydrogen (secondary N) is 2. The van der Waals surface area contributed by atoms with E-state index in [1.165, 1.54) is 30.0 Å². The fourth-order valence-corrected chi connectivity index (χ4v) is 3.37. The van der Waals surface area contributed by atoms with Crippen LogP contribution in [0.1, 0.15) is 12.5 Å². The average Bonchev–Trinajstić information content (AvgIpc) is 3.28. The molecule has 0 bridgehead atoms. The number of carbonyl (C=O) groups excluding carboxylic acids is 2. The van der Waals surface area contributed by atoms with Crippen LogP contribution in [0.5, 0.6) is 11.5 Å². The summed E-state index contributed by atoms with van der Waals surface area (Å²) in [4.78, 5) is 24.9. The standard InChI is InChI=1S/C21H19FN4O4/c1-29-17-8-7-12(9-18(17)30-2)13-11-23-26-16(21(28)25-20(13)26)10-19(27)24-15-6-4-3-5-14(15)22/h3-9,11,16H,10H2,1-2H3,(H,24,27)(H,25,28). The van der Waals surface area contributed by atoms with Crippen LogP contribution in [0.15, 0.2) is 48.7 Å². The Balaban J connectivity index is 1.57. The molecule has 0 radical (unpaired) electrons. The summed E-state index contributed by atoms with van der Waals surface area (Å²) >= 11 is 0. The fourth-order valence-electron chi connectivity index (χ4n) is 3.37. The van der Waals surface area contributed by atoms with Crippen LogP contribution in [-0.2, 0) is 9.59 Å². The number of amides is 2. The van der Waals surface area contributed by atoms with Crippen LogP contribution in [-0.4, -0.2) is 35.8 Å². The number of halogens is 1. The van der Waals surface area contributed by atoms with Crippen LogP contribution in [0.25, 0.3) is 11.1 Å². The summed E-state index contributed by atoms with van der Waals surface area (Å²) in [6, 6.07) is 10.4. The van der Waals surface area contributed by atoms with E-state index in [1.807, 2.05) is 6.07 Å². The van der Waals surface area contributed by atoms with Gasteiger partial charge in [-0.3, -0.25) is 9.59 Å². The topological polar surface area (TPSA) is 94.5 Å². The second kappa shape index (κ2) is 7.86. The summed E-state index contributed by atoms with van der Waals surface area (Å²) in [5.74, 6) is 0.213. The van der Waals surface area contributed by atoms with Gasteiger partial charge < -0.3 is 20.1 Å². The molecule has 0 saturated carbocycles. The maximum absolute atomic E-state index is 13.8. The first-order chi connectivity index (χ1) is 14.5. The third-order valence-corrected chi connectivity index (χ3v) is 4.86. The van der Waals surface area contributed by atoms with E-state index in [0.717, 1.165) is 5.56 Å². The number of hydrogen-bond donors (Lipinski definition) is 2. The van der Waals surface area contributed by atoms with E-state index in [1.54, 1.807) is 31.5 Å². The molecule has 0 aliphatic carbocycles. The zero-order valence-corrected chi connectivity index (χ0v) is 16.3. The molecule has 1 aromatic heterocycles. The highest BCUT2D eigenvalue weighted by Crippen LogP contribution is 2.39. The number of fused-ring (bicyclic) bond motifs is 1. The Labute approximate surface area is 171 Å². The summed E-state index contributed by atoms with van der Waals surface area (Å²) in [6.07, 6.45) is 1.43. The lowest BCUT2D eigenvalue weighted by molar-refractivity contribution is -0.123. The monoisotopic (exact) mass is 410 g/mol. The molecule has 3 aromatic rings. The second-order valence-corrected chi connectivity index (χ2v) is 6.66. The van der Waals surface area contributed by atoms with Crippen LogP contribution < -0.4 is 20.1 Å². The molecule has 0 spiro atoms. The first-order valence-electron chi connectivity index (χ1n) is 9.17. The van der Waals surface area contributed by atoms with E-state index in [4.69, 9.17) is 9.47 Å². The van der Waals surface area contributed by atoms with Crippen LogP contribution in [0, 0.1) is 5.82 Å². The first-order valence-corrected chi connectivity index (χ1v) is 9.17. The molecule has 9 heteroatoms. The zero-order chi connectivity index (χ0) is 21.3. The van der Waals surface area contributed by atoms with Crippen molar-refractivity contribution in [2.24, 2.45) is 0 Å². The molecule has 1 atom stereocenters. The number of carbonyl (C=O) groups is 2. The molecule has 2 N–H and O–H groups in total. The molecule has 30 heavy (non-hydrogen) atoms. The lowest BCUT2D eigenvalue weighted by Gasteiger charge is -2.10. The normalized spacial score (nSPS) is 14.8. The molecule has 8 nitrogen and oxygen atoms in total. The number of ether oxygens (including phenoxy) is 2. The van der Waals surface area contributed by atoms with Gasteiger partial charge in [0.1, 0.15) is 17.7 Å². The van der Waals surface area contributed by atoms with Crippen LogP contribution in [0.4, 0.5) is 15.9 Å². The quantitative estimate of drug-likeness (QED) is 0.651. The minimum Gasteiger partial charge on any atom is -0.493 e. The summed E-state index contributed by atoms with van der Waals surface area (Å²) in [5.41, 5.74) is 1.51. The SMILES string of the molecule is COc1ccc(-c2cnn3c2NC(=O)C3CC(=O)Nc2ccccc2F)cc1OC. The molecule has 2 amide bonds. The zero-order valence-electron chi connectivity index (χ0n) is 16.3. The Kier molecular flexibility index (Phi) is 5.09. The second-order valence-electron chi connectivity index (χ2n) is 6.66. The van der Waals surface area contributed by atoms with Crippen molar-refractivity contribution < 1.29 is 23.5 Å². The van der Waals surface area contributed by atoms with Gasteiger partial charge in [0.25, 0.3) is 5.91 Å². The maximum atomic E-state index is 13.8. The molecule has 1 unspecified atom stereocenters. The first kappa shape index (κ1) is 19.4. The summed E-state index contributed by atoms with van der Waals surface area (Å²) < 4.78 is 25.8. The predicted octanol–water partition coefficient (Wildman–Crippen LogP) is 3.23. The van der Waals surface area contributed by atoms with Crippen molar-refractivity contribution in [3.63, 3.8) is 0 Å². The van der Waals surface area contributed by atoms with Gasteiger partial charge in [0.05, 0.1) is 32.5 Å². The average molecular weight is 410 g/mol. The Bertz CT molecular complexity index is 1130. The highest BCUT2D eigenvalue weighted by atomic mass is 19.1. The molecule has 1 aliphatic rings. The number of nitrogens with zero attached hydrogens (tertiary/aromatic N) is 2. The van der Waals surface area contributed by atoms with E-state index >= 15 is 0 Å². The molecule has 0 fully saturated rings. The van der Waals surface area contributed by atoms with Crippen LogP contribution in [0.3, 0.4) is 0 Å². The van der Waals surface area contributed by atoms with Crippen molar-refractivity contribution >= 4 is 23.3 Å². The number of rotatable bonds is 6. The van der Waals surface area contributed by atoms with Crippen molar-refractivity contribution in [3.8, 4) is 22.6 Å². The summed E-state index contributed by atoms with van der Waals surface area (Å²) in [6.45, 7) is 0. The van der Waals surface area contributed by atoms with E-state index in [2.05, 4.69) is 15.7 Å². The van der Waals surface area contributed by atoms with Gasteiger partial charge >= 0.3 is 0 Å². The number of benzene rings is 2. The lowest BCUT2D eigenvalue weighted by Crippen LogP contribution is -2.23. The van der Waals surface area contributed by atoms with E-state index in [0.29, 0.717) is 22.9 Å². The predicted molar refractivity (Wildman–Crippen MR) is 108 cm³/mol. The van der Waals surface area contributed by atoms with Gasteiger partial charge in [-0.1, -0.05) is 18.2 Å². The van der Waals surface area contributed by atoms with Crippen molar-refractivity contribution in [1.29, 1.82) is 0 Å². The van der Waals surface area contributed by atoms with Crippen LogP contribution in [0.2, 0.25) is 0 Å². The van der Waals surface area contributed by atoms with E-state index in [-0.39, 0.29) is 18.0 Å². The molecule has 0 saturated heterocycles. The summed E-state index contributed by atoms with van der Waals surface area (Å²) in [5, 5.41) is 9.55. The number of hydrogen-bond acceptors (Lipinski definition) is 5.